The van der Waals surface area contributed by atoms with E-state index in [1.807, 2.05) is 38.1 Å². The van der Waals surface area contributed by atoms with Gasteiger partial charge in [-0.3, -0.25) is 4.98 Å². The predicted octanol–water partition coefficient (Wildman–Crippen LogP) is 8.65. The number of nitrogens with zero attached hydrogens (tertiary/aromatic N) is 1. The number of anilines is 4. The maximum Gasteiger partial charge on any atom is 0.323 e. The van der Waals surface area contributed by atoms with Gasteiger partial charge >= 0.3 is 12.1 Å². The highest BCUT2D eigenvalue weighted by Crippen LogP contribution is 2.34. The lowest BCUT2D eigenvalue weighted by atomic mass is 10.2. The number of amides is 4. The van der Waals surface area contributed by atoms with E-state index in [4.69, 9.17) is 0 Å². The minimum atomic E-state index is -0.443. The van der Waals surface area contributed by atoms with E-state index in [2.05, 4.69) is 90.0 Å². The number of nitrogens with one attached hydrogen (secondary N) is 4. The Hall–Kier alpha value is -1.95. The Balaban J connectivity index is 1.76. The van der Waals surface area contributed by atoms with Crippen LogP contribution in [0.3, 0.4) is 0 Å². The van der Waals surface area contributed by atoms with Crippen LogP contribution in [0, 0.1) is 27.7 Å². The van der Waals surface area contributed by atoms with E-state index in [0.29, 0.717) is 34.1 Å². The van der Waals surface area contributed by atoms with E-state index < -0.39 is 12.1 Å². The maximum atomic E-state index is 12.7. The molecule has 0 spiro atoms. The molecule has 0 unspecified atom stereocenters. The fraction of sp³-hybridized carbons (Fsp3) is 0.174. The standard InChI is InChI=1S/C23H21Br4N5O2/c1-10-5-14(24)20(15(25)6-10)31-22(33)29-18-9-19(13(4)28-12(18)3)30-23(34)32-21-16(26)7-11(2)8-17(21)27/h5-9H,1-4H3,(H2,29,31,33)(H2,30,32,34). The van der Waals surface area contributed by atoms with Crippen molar-refractivity contribution in [3.63, 3.8) is 0 Å². The van der Waals surface area contributed by atoms with Crippen LogP contribution >= 0.6 is 63.7 Å². The lowest BCUT2D eigenvalue weighted by Gasteiger charge is -2.16. The molecule has 1 aromatic heterocycles. The average molecular weight is 719 g/mol. The SMILES string of the molecule is Cc1cc(Br)c(NC(=O)Nc2cc(NC(=O)Nc3c(Br)cc(C)cc3Br)c(C)nc2C)c(Br)c1. The number of hydrogen-bond acceptors (Lipinski definition) is 3. The van der Waals surface area contributed by atoms with Gasteiger partial charge in [0.1, 0.15) is 0 Å². The van der Waals surface area contributed by atoms with Gasteiger partial charge in [-0.25, -0.2) is 9.59 Å². The average Bonchev–Trinajstić information content (AvgIpc) is 2.71. The molecule has 1 heterocycles. The normalized spacial score (nSPS) is 10.6. The van der Waals surface area contributed by atoms with Gasteiger partial charge in [-0.05, 0) is 133 Å². The molecule has 0 bridgehead atoms. The van der Waals surface area contributed by atoms with Gasteiger partial charge in [0.05, 0.1) is 34.1 Å². The molecule has 3 aromatic rings. The molecule has 0 fully saturated rings. The number of carbonyl (C=O) groups excluding carboxylic acids is 2. The van der Waals surface area contributed by atoms with Crippen LogP contribution in [0.4, 0.5) is 32.3 Å². The number of urea groups is 2. The zero-order chi connectivity index (χ0) is 25.2. The Morgan fingerprint density at radius 1 is 0.588 bits per heavy atom. The summed E-state index contributed by atoms with van der Waals surface area (Å²) in [6, 6.07) is 8.42. The van der Waals surface area contributed by atoms with Crippen molar-refractivity contribution in [1.82, 2.24) is 4.98 Å². The fourth-order valence-electron chi connectivity index (χ4n) is 3.15. The molecule has 0 radical (unpaired) electrons. The summed E-state index contributed by atoms with van der Waals surface area (Å²) in [5.41, 5.74) is 5.46. The second-order valence-corrected chi connectivity index (χ2v) is 11.0. The quantitative estimate of drug-likeness (QED) is 0.218. The summed E-state index contributed by atoms with van der Waals surface area (Å²) in [6.07, 6.45) is 0. The van der Waals surface area contributed by atoms with E-state index in [9.17, 15) is 9.59 Å². The minimum absolute atomic E-state index is 0.443. The molecular formula is C23H21Br4N5O2. The Morgan fingerprint density at radius 3 is 1.24 bits per heavy atom. The highest BCUT2D eigenvalue weighted by molar-refractivity contribution is 9.11. The molecule has 178 valence electrons. The number of aromatic nitrogens is 1. The minimum Gasteiger partial charge on any atom is -0.306 e. The predicted molar refractivity (Wildman–Crippen MR) is 152 cm³/mol. The number of benzene rings is 2. The van der Waals surface area contributed by atoms with Crippen LogP contribution in [0.25, 0.3) is 0 Å². The smallest absolute Gasteiger partial charge is 0.306 e. The van der Waals surface area contributed by atoms with Crippen LogP contribution in [0.5, 0.6) is 0 Å². The molecule has 0 saturated carbocycles. The van der Waals surface area contributed by atoms with Crippen LogP contribution in [0.2, 0.25) is 0 Å². The Labute approximate surface area is 231 Å². The molecule has 7 nitrogen and oxygen atoms in total. The fourth-order valence-corrected chi connectivity index (χ4v) is 6.38. The molecule has 0 aliphatic rings. The third-order valence-corrected chi connectivity index (χ3v) is 7.25. The molecule has 0 saturated heterocycles. The third kappa shape index (κ3) is 6.59. The number of rotatable bonds is 4. The van der Waals surface area contributed by atoms with Gasteiger partial charge in [0.2, 0.25) is 0 Å². The number of carbonyl (C=O) groups is 2. The maximum absolute atomic E-state index is 12.7. The molecule has 34 heavy (non-hydrogen) atoms. The van der Waals surface area contributed by atoms with Crippen molar-refractivity contribution in [3.05, 3.63) is 70.7 Å². The van der Waals surface area contributed by atoms with Crippen LogP contribution < -0.4 is 21.3 Å². The van der Waals surface area contributed by atoms with Gasteiger partial charge in [0.25, 0.3) is 0 Å². The van der Waals surface area contributed by atoms with E-state index >= 15 is 0 Å². The van der Waals surface area contributed by atoms with Crippen molar-refractivity contribution in [2.24, 2.45) is 0 Å². The van der Waals surface area contributed by atoms with Crippen LogP contribution in [-0.2, 0) is 0 Å². The van der Waals surface area contributed by atoms with Gasteiger partial charge in [0.15, 0.2) is 0 Å². The number of pyridine rings is 1. The van der Waals surface area contributed by atoms with Gasteiger partial charge in [-0.15, -0.1) is 0 Å². The molecule has 3 rings (SSSR count). The second-order valence-electron chi connectivity index (χ2n) is 7.62. The monoisotopic (exact) mass is 715 g/mol. The Bertz CT molecular complexity index is 1160. The summed E-state index contributed by atoms with van der Waals surface area (Å²) < 4.78 is 3.00. The summed E-state index contributed by atoms with van der Waals surface area (Å²) >= 11 is 13.9. The number of aryl methyl sites for hydroxylation is 4. The largest absolute Gasteiger partial charge is 0.323 e. The zero-order valence-electron chi connectivity index (χ0n) is 18.7. The summed E-state index contributed by atoms with van der Waals surface area (Å²) in [4.78, 5) is 29.8. The van der Waals surface area contributed by atoms with Crippen molar-refractivity contribution in [2.75, 3.05) is 21.3 Å². The molecule has 4 amide bonds. The van der Waals surface area contributed by atoms with Crippen LogP contribution in [0.1, 0.15) is 22.5 Å². The first-order valence-corrected chi connectivity index (χ1v) is 13.2. The molecular weight excluding hydrogens is 698 g/mol. The van der Waals surface area contributed by atoms with Gasteiger partial charge < -0.3 is 21.3 Å². The number of halogens is 4. The molecule has 0 aliphatic heterocycles. The van der Waals surface area contributed by atoms with Crippen molar-refractivity contribution in [1.29, 1.82) is 0 Å². The first-order chi connectivity index (χ1) is 15.9. The van der Waals surface area contributed by atoms with E-state index in [1.54, 1.807) is 19.9 Å². The van der Waals surface area contributed by atoms with Gasteiger partial charge in [0, 0.05) is 17.9 Å². The van der Waals surface area contributed by atoms with Crippen LogP contribution in [-0.4, -0.2) is 17.0 Å². The highest BCUT2D eigenvalue weighted by atomic mass is 79.9. The summed E-state index contributed by atoms with van der Waals surface area (Å²) in [6.45, 7) is 7.48. The summed E-state index contributed by atoms with van der Waals surface area (Å²) in [5.74, 6) is 0. The molecule has 4 N–H and O–H groups in total. The summed E-state index contributed by atoms with van der Waals surface area (Å²) in [5, 5.41) is 11.3. The lowest BCUT2D eigenvalue weighted by molar-refractivity contribution is 0.261. The van der Waals surface area contributed by atoms with Crippen molar-refractivity contribution in [2.45, 2.75) is 27.7 Å². The van der Waals surface area contributed by atoms with Crippen molar-refractivity contribution >= 4 is 98.5 Å². The van der Waals surface area contributed by atoms with Crippen molar-refractivity contribution in [3.8, 4) is 0 Å². The summed E-state index contributed by atoms with van der Waals surface area (Å²) in [7, 11) is 0. The molecule has 11 heteroatoms. The van der Waals surface area contributed by atoms with Gasteiger partial charge in [-0.1, -0.05) is 0 Å². The number of hydrogen-bond donors (Lipinski definition) is 4. The Kier molecular flexibility index (Phi) is 8.77. The van der Waals surface area contributed by atoms with Crippen molar-refractivity contribution < 1.29 is 9.59 Å². The molecule has 0 atom stereocenters. The zero-order valence-corrected chi connectivity index (χ0v) is 25.0. The van der Waals surface area contributed by atoms with Crippen LogP contribution in [0.15, 0.2) is 48.2 Å². The first kappa shape index (κ1) is 26.7. The second kappa shape index (κ2) is 11.2. The Morgan fingerprint density at radius 2 is 0.912 bits per heavy atom. The third-order valence-electron chi connectivity index (χ3n) is 4.75. The van der Waals surface area contributed by atoms with E-state index in [0.717, 1.165) is 29.0 Å². The highest BCUT2D eigenvalue weighted by Gasteiger charge is 2.15. The topological polar surface area (TPSA) is 95.2 Å². The molecule has 0 aliphatic carbocycles. The van der Waals surface area contributed by atoms with E-state index in [-0.39, 0.29) is 0 Å². The first-order valence-electron chi connectivity index (χ1n) is 10.00. The lowest BCUT2D eigenvalue weighted by Crippen LogP contribution is -2.23. The molecule has 2 aromatic carbocycles. The van der Waals surface area contributed by atoms with Gasteiger partial charge in [-0.2, -0.15) is 0 Å². The van der Waals surface area contributed by atoms with E-state index in [1.165, 1.54) is 0 Å².